The van der Waals surface area contributed by atoms with E-state index in [1.807, 2.05) is 30.6 Å². The van der Waals surface area contributed by atoms with Crippen LogP contribution in [0.2, 0.25) is 5.02 Å². The highest BCUT2D eigenvalue weighted by Gasteiger charge is 2.42. The normalized spacial score (nSPS) is 23.2. The number of pyridine rings is 2. The minimum atomic E-state index is -0.154. The van der Waals surface area contributed by atoms with Crippen LogP contribution in [0.3, 0.4) is 0 Å². The average molecular weight is 557 g/mol. The number of halogens is 1. The number of piperidine rings is 1. The molecule has 0 amide bonds. The molecule has 0 radical (unpaired) electrons. The minimum Gasteiger partial charge on any atom is -0.370 e. The van der Waals surface area contributed by atoms with Crippen LogP contribution >= 0.6 is 23.8 Å². The zero-order valence-corrected chi connectivity index (χ0v) is 24.0. The number of anilines is 2. The fraction of sp³-hybridized carbons (Fsp3) is 0.323. The van der Waals surface area contributed by atoms with Gasteiger partial charge in [0.05, 0.1) is 34.3 Å². The first kappa shape index (κ1) is 25.8. The van der Waals surface area contributed by atoms with Crippen LogP contribution in [0, 0.1) is 18.8 Å². The maximum atomic E-state index is 7.00. The summed E-state index contributed by atoms with van der Waals surface area (Å²) in [6.45, 7) is 8.80. The SMILES string of the molecule is Cc1ccc([C@H]2[C@@H](c3ccccn3)NC(=S)N2c2ccc(N3C[C@H](C)C[C@H](C)C3)c(Cl)c2)n1-c1cccnc1. The molecule has 0 bridgehead atoms. The summed E-state index contributed by atoms with van der Waals surface area (Å²) in [5, 5.41) is 4.97. The number of aryl methyl sites for hydroxylation is 1. The third kappa shape index (κ3) is 4.90. The number of nitrogens with one attached hydrogen (secondary N) is 1. The molecule has 1 aromatic carbocycles. The first-order chi connectivity index (χ1) is 18.9. The van der Waals surface area contributed by atoms with Crippen molar-refractivity contribution in [3.05, 3.63) is 101 Å². The van der Waals surface area contributed by atoms with E-state index in [0.717, 1.165) is 52.3 Å². The zero-order valence-electron chi connectivity index (χ0n) is 22.5. The minimum absolute atomic E-state index is 0.148. The Hall–Kier alpha value is -3.42. The molecular formula is C31H33ClN6S. The molecule has 0 saturated carbocycles. The van der Waals surface area contributed by atoms with E-state index in [1.54, 1.807) is 6.20 Å². The zero-order chi connectivity index (χ0) is 27.1. The van der Waals surface area contributed by atoms with Gasteiger partial charge in [-0.2, -0.15) is 0 Å². The van der Waals surface area contributed by atoms with Crippen LogP contribution in [0.1, 0.15) is 49.4 Å². The molecule has 5 heterocycles. The van der Waals surface area contributed by atoms with E-state index >= 15 is 0 Å². The molecule has 6 nitrogen and oxygen atoms in total. The molecule has 2 fully saturated rings. The highest BCUT2D eigenvalue weighted by molar-refractivity contribution is 7.80. The van der Waals surface area contributed by atoms with Gasteiger partial charge in [0.15, 0.2) is 5.11 Å². The van der Waals surface area contributed by atoms with E-state index in [1.165, 1.54) is 6.42 Å². The number of thiocarbonyl (C=S) groups is 1. The molecule has 2 aliphatic rings. The Labute approximate surface area is 240 Å². The Bertz CT molecular complexity index is 1460. The number of hydrogen-bond acceptors (Lipinski definition) is 4. The highest BCUT2D eigenvalue weighted by atomic mass is 35.5. The highest BCUT2D eigenvalue weighted by Crippen LogP contribution is 2.44. The van der Waals surface area contributed by atoms with Crippen molar-refractivity contribution in [3.63, 3.8) is 0 Å². The quantitative estimate of drug-likeness (QED) is 0.270. The molecule has 6 rings (SSSR count). The molecule has 2 aliphatic heterocycles. The number of rotatable bonds is 5. The van der Waals surface area contributed by atoms with Gasteiger partial charge in [0.2, 0.25) is 0 Å². The monoisotopic (exact) mass is 556 g/mol. The van der Waals surface area contributed by atoms with E-state index in [2.05, 4.69) is 87.9 Å². The summed E-state index contributed by atoms with van der Waals surface area (Å²) in [7, 11) is 0. The second-order valence-electron chi connectivity index (χ2n) is 10.9. The molecule has 200 valence electrons. The summed E-state index contributed by atoms with van der Waals surface area (Å²) in [6, 6.07) is 20.4. The Morgan fingerprint density at radius 1 is 0.949 bits per heavy atom. The fourth-order valence-corrected chi connectivity index (χ4v) is 6.96. The van der Waals surface area contributed by atoms with Gasteiger partial charge in [-0.1, -0.05) is 31.5 Å². The lowest BCUT2D eigenvalue weighted by atomic mass is 9.91. The van der Waals surface area contributed by atoms with Crippen LogP contribution in [-0.4, -0.2) is 32.7 Å². The standard InChI is InChI=1S/C31H33ClN6S/c1-20-15-21(2)19-36(18-20)27-12-10-23(16-25(27)32)38-30(29(35-31(38)39)26-8-4-5-14-34-26)28-11-9-22(3)37(28)24-7-6-13-33-17-24/h4-14,16-17,20-21,29-30H,15,18-19H2,1-3H3,(H,35,39)/t20-,21+,29-,30+/m1/s1. The Kier molecular flexibility index (Phi) is 7.04. The smallest absolute Gasteiger partial charge is 0.174 e. The van der Waals surface area contributed by atoms with E-state index in [0.29, 0.717) is 16.9 Å². The van der Waals surface area contributed by atoms with Gasteiger partial charge in [-0.3, -0.25) is 9.97 Å². The van der Waals surface area contributed by atoms with E-state index in [4.69, 9.17) is 28.8 Å². The summed E-state index contributed by atoms with van der Waals surface area (Å²) in [5.74, 6) is 1.29. The predicted molar refractivity (Wildman–Crippen MR) is 163 cm³/mol. The van der Waals surface area contributed by atoms with Gasteiger partial charge in [-0.25, -0.2) is 0 Å². The molecular weight excluding hydrogens is 524 g/mol. The molecule has 2 saturated heterocycles. The maximum absolute atomic E-state index is 7.00. The van der Waals surface area contributed by atoms with Crippen LogP contribution < -0.4 is 15.1 Å². The van der Waals surface area contributed by atoms with Crippen molar-refractivity contribution in [2.75, 3.05) is 22.9 Å². The summed E-state index contributed by atoms with van der Waals surface area (Å²) < 4.78 is 2.25. The van der Waals surface area contributed by atoms with E-state index in [-0.39, 0.29) is 12.1 Å². The molecule has 1 N–H and O–H groups in total. The van der Waals surface area contributed by atoms with Gasteiger partial charge in [0, 0.05) is 42.6 Å². The third-order valence-corrected chi connectivity index (χ3v) is 8.45. The number of hydrogen-bond donors (Lipinski definition) is 1. The summed E-state index contributed by atoms with van der Waals surface area (Å²) in [6.07, 6.45) is 6.78. The molecule has 39 heavy (non-hydrogen) atoms. The van der Waals surface area contributed by atoms with Crippen molar-refractivity contribution in [2.24, 2.45) is 11.8 Å². The van der Waals surface area contributed by atoms with Crippen molar-refractivity contribution in [1.82, 2.24) is 19.9 Å². The van der Waals surface area contributed by atoms with Gasteiger partial charge in [-0.15, -0.1) is 0 Å². The molecule has 8 heteroatoms. The van der Waals surface area contributed by atoms with Crippen molar-refractivity contribution < 1.29 is 0 Å². The lowest BCUT2D eigenvalue weighted by molar-refractivity contribution is 0.357. The van der Waals surface area contributed by atoms with Gasteiger partial charge in [0.1, 0.15) is 6.04 Å². The number of aromatic nitrogens is 3. The first-order valence-electron chi connectivity index (χ1n) is 13.5. The molecule has 3 aromatic heterocycles. The topological polar surface area (TPSA) is 49.2 Å². The van der Waals surface area contributed by atoms with E-state index < -0.39 is 0 Å². The lowest BCUT2D eigenvalue weighted by Crippen LogP contribution is -2.38. The third-order valence-electron chi connectivity index (χ3n) is 7.83. The average Bonchev–Trinajstić information content (AvgIpc) is 3.48. The van der Waals surface area contributed by atoms with Crippen LogP contribution in [0.5, 0.6) is 0 Å². The molecule has 4 aromatic rings. The molecule has 0 spiro atoms. The lowest BCUT2D eigenvalue weighted by Gasteiger charge is -2.37. The largest absolute Gasteiger partial charge is 0.370 e. The van der Waals surface area contributed by atoms with Crippen LogP contribution in [0.4, 0.5) is 11.4 Å². The summed E-state index contributed by atoms with van der Waals surface area (Å²) in [5.41, 5.74) is 6.21. The Morgan fingerprint density at radius 3 is 2.46 bits per heavy atom. The van der Waals surface area contributed by atoms with Crippen molar-refractivity contribution in [1.29, 1.82) is 0 Å². The number of nitrogens with zero attached hydrogens (tertiary/aromatic N) is 5. The molecule has 0 aliphatic carbocycles. The van der Waals surface area contributed by atoms with Gasteiger partial charge in [0.25, 0.3) is 0 Å². The van der Waals surface area contributed by atoms with Crippen molar-refractivity contribution in [3.8, 4) is 5.69 Å². The van der Waals surface area contributed by atoms with Crippen molar-refractivity contribution >= 4 is 40.3 Å². The van der Waals surface area contributed by atoms with Crippen LogP contribution in [0.15, 0.2) is 79.3 Å². The van der Waals surface area contributed by atoms with Gasteiger partial charge >= 0.3 is 0 Å². The molecule has 4 atom stereocenters. The first-order valence-corrected chi connectivity index (χ1v) is 14.3. The van der Waals surface area contributed by atoms with Gasteiger partial charge in [-0.05, 0) is 92.0 Å². The van der Waals surface area contributed by atoms with Crippen LogP contribution in [0.25, 0.3) is 5.69 Å². The van der Waals surface area contributed by atoms with Crippen LogP contribution in [-0.2, 0) is 0 Å². The fourth-order valence-electron chi connectivity index (χ4n) is 6.32. The second kappa shape index (κ2) is 10.6. The predicted octanol–water partition coefficient (Wildman–Crippen LogP) is 6.89. The Morgan fingerprint density at radius 2 is 1.77 bits per heavy atom. The summed E-state index contributed by atoms with van der Waals surface area (Å²) in [4.78, 5) is 13.7. The number of benzene rings is 1. The van der Waals surface area contributed by atoms with Crippen molar-refractivity contribution in [2.45, 2.75) is 39.3 Å². The Balaban J connectivity index is 1.44. The molecule has 0 unspecified atom stereocenters. The second-order valence-corrected chi connectivity index (χ2v) is 11.7. The maximum Gasteiger partial charge on any atom is 0.174 e. The van der Waals surface area contributed by atoms with E-state index in [9.17, 15) is 0 Å². The summed E-state index contributed by atoms with van der Waals surface area (Å²) >= 11 is 13.0. The van der Waals surface area contributed by atoms with Gasteiger partial charge < -0.3 is 19.7 Å².